The van der Waals surface area contributed by atoms with Gasteiger partial charge in [-0.25, -0.2) is 4.39 Å². The van der Waals surface area contributed by atoms with Gasteiger partial charge >= 0.3 is 29.8 Å². The summed E-state index contributed by atoms with van der Waals surface area (Å²) >= 11 is 0. The lowest BCUT2D eigenvalue weighted by Crippen LogP contribution is -2.50. The molecule has 0 aliphatic heterocycles. The molecule has 0 aromatic heterocycles. The molecule has 0 aromatic rings. The van der Waals surface area contributed by atoms with E-state index in [1.807, 2.05) is 0 Å². The maximum atomic E-state index is 15.1. The van der Waals surface area contributed by atoms with Crippen LogP contribution in [0.5, 0.6) is 0 Å². The van der Waals surface area contributed by atoms with Crippen LogP contribution < -0.4 is 0 Å². The summed E-state index contributed by atoms with van der Waals surface area (Å²) in [6.45, 7) is 3.83. The first-order valence-electron chi connectivity index (χ1n) is 7.86. The van der Waals surface area contributed by atoms with Crippen molar-refractivity contribution in [2.45, 2.75) is 59.1 Å². The van der Waals surface area contributed by atoms with Crippen molar-refractivity contribution in [2.24, 2.45) is 0 Å². The lowest BCUT2D eigenvalue weighted by atomic mass is 10.0. The molecule has 0 aliphatic rings. The Labute approximate surface area is 155 Å². The van der Waals surface area contributed by atoms with Crippen LogP contribution in [0, 0.1) is 0 Å². The van der Waals surface area contributed by atoms with Crippen molar-refractivity contribution in [3.8, 4) is 0 Å². The second-order valence-electron chi connectivity index (χ2n) is 5.42. The monoisotopic (exact) mass is 394 g/mol. The van der Waals surface area contributed by atoms with E-state index in [1.165, 1.54) is 0 Å². The summed E-state index contributed by atoms with van der Waals surface area (Å²) in [6.07, 6.45) is -7.26. The summed E-state index contributed by atoms with van der Waals surface area (Å²) in [4.78, 5) is 55.9. The smallest absolute Gasteiger partial charge is 0.303 e. The normalized spacial score (nSPS) is 14.7. The summed E-state index contributed by atoms with van der Waals surface area (Å²) in [5.41, 5.74) is 0. The zero-order valence-corrected chi connectivity index (χ0v) is 15.7. The van der Waals surface area contributed by atoms with Gasteiger partial charge in [0.2, 0.25) is 0 Å². The molecule has 0 heterocycles. The predicted molar refractivity (Wildman–Crippen MR) is 84.8 cm³/mol. The molecule has 10 nitrogen and oxygen atoms in total. The zero-order valence-electron chi connectivity index (χ0n) is 15.7. The van der Waals surface area contributed by atoms with Gasteiger partial charge in [-0.1, -0.05) is 0 Å². The van der Waals surface area contributed by atoms with Gasteiger partial charge in [-0.2, -0.15) is 0 Å². The molecule has 4 unspecified atom stereocenters. The molecule has 27 heavy (non-hydrogen) atoms. The molecule has 0 fully saturated rings. The van der Waals surface area contributed by atoms with Crippen molar-refractivity contribution in [3.05, 3.63) is 0 Å². The van der Waals surface area contributed by atoms with Gasteiger partial charge < -0.3 is 23.7 Å². The van der Waals surface area contributed by atoms with E-state index >= 15 is 4.39 Å². The largest absolute Gasteiger partial charge is 0.462 e. The van der Waals surface area contributed by atoms with Crippen molar-refractivity contribution in [1.29, 1.82) is 0 Å². The van der Waals surface area contributed by atoms with Crippen LogP contribution in [0.4, 0.5) is 4.39 Å². The minimum absolute atomic E-state index is 0.617. The third-order valence-corrected chi connectivity index (χ3v) is 2.87. The van der Waals surface area contributed by atoms with Crippen LogP contribution in [0.25, 0.3) is 0 Å². The summed E-state index contributed by atoms with van der Waals surface area (Å²) < 4.78 is 38.9. The molecule has 0 radical (unpaired) electrons. The predicted octanol–water partition coefficient (Wildman–Crippen LogP) is 0.246. The Morgan fingerprint density at radius 1 is 0.630 bits per heavy atom. The summed E-state index contributed by atoms with van der Waals surface area (Å²) in [7, 11) is 0. The third-order valence-electron chi connectivity index (χ3n) is 2.87. The molecule has 0 aliphatic carbocycles. The van der Waals surface area contributed by atoms with E-state index in [1.54, 1.807) is 0 Å². The van der Waals surface area contributed by atoms with Crippen LogP contribution in [-0.2, 0) is 47.7 Å². The van der Waals surface area contributed by atoms with Crippen LogP contribution in [0.1, 0.15) is 34.6 Å². The first-order chi connectivity index (χ1) is 12.4. The Kier molecular flexibility index (Phi) is 10.6. The van der Waals surface area contributed by atoms with Gasteiger partial charge in [-0.3, -0.25) is 24.0 Å². The van der Waals surface area contributed by atoms with Crippen molar-refractivity contribution < 1.29 is 52.0 Å². The van der Waals surface area contributed by atoms with Gasteiger partial charge in [0, 0.05) is 34.6 Å². The highest BCUT2D eigenvalue weighted by atomic mass is 19.1. The molecule has 0 N–H and O–H groups in total. The maximum Gasteiger partial charge on any atom is 0.303 e. The maximum absolute atomic E-state index is 15.1. The average Bonchev–Trinajstić information content (AvgIpc) is 2.51. The standard InChI is InChI=1S/C16H23FO10/c1-8(18)23-6-13(25-10(3)20)15(17)16(27-12(5)22)14(26-11(4)21)7-24-9(2)19/h13-16H,6-7H2,1-5H3. The van der Waals surface area contributed by atoms with E-state index in [0.717, 1.165) is 34.6 Å². The first-order valence-corrected chi connectivity index (χ1v) is 7.86. The Morgan fingerprint density at radius 2 is 1.00 bits per heavy atom. The minimum atomic E-state index is -2.27. The first kappa shape index (κ1) is 24.3. The number of carbonyl (C=O) groups is 5. The summed E-state index contributed by atoms with van der Waals surface area (Å²) in [5, 5.41) is 0. The van der Waals surface area contributed by atoms with Gasteiger partial charge in [0.1, 0.15) is 13.2 Å². The fraction of sp³-hybridized carbons (Fsp3) is 0.688. The van der Waals surface area contributed by atoms with Crippen LogP contribution in [0.3, 0.4) is 0 Å². The number of hydrogen-bond acceptors (Lipinski definition) is 10. The molecule has 154 valence electrons. The Morgan fingerprint density at radius 3 is 1.37 bits per heavy atom. The van der Waals surface area contributed by atoms with Crippen LogP contribution in [0.15, 0.2) is 0 Å². The lowest BCUT2D eigenvalue weighted by Gasteiger charge is -2.31. The molecule has 11 heteroatoms. The molecule has 0 saturated carbocycles. The second-order valence-corrected chi connectivity index (χ2v) is 5.42. The third kappa shape index (κ3) is 10.8. The molecule has 0 bridgehead atoms. The topological polar surface area (TPSA) is 132 Å². The van der Waals surface area contributed by atoms with E-state index in [2.05, 4.69) is 4.74 Å². The van der Waals surface area contributed by atoms with Crippen LogP contribution >= 0.6 is 0 Å². The van der Waals surface area contributed by atoms with Crippen molar-refractivity contribution >= 4 is 29.8 Å². The molecule has 0 rings (SSSR count). The quantitative estimate of drug-likeness (QED) is 0.375. The molecule has 0 saturated heterocycles. The number of carbonyl (C=O) groups excluding carboxylic acids is 5. The number of alkyl halides is 1. The fourth-order valence-electron chi connectivity index (χ4n) is 1.96. The number of ether oxygens (including phenoxy) is 5. The molecular formula is C16H23FO10. The molecule has 0 aromatic carbocycles. The SMILES string of the molecule is CC(=O)OCC(OC(C)=O)C(F)C(OC(C)=O)C(COC(C)=O)OC(C)=O. The number of hydrogen-bond donors (Lipinski definition) is 0. The fourth-order valence-corrected chi connectivity index (χ4v) is 1.96. The number of halogens is 1. The van der Waals surface area contributed by atoms with Gasteiger partial charge in [0.05, 0.1) is 0 Å². The van der Waals surface area contributed by atoms with E-state index in [-0.39, 0.29) is 0 Å². The summed E-state index contributed by atoms with van der Waals surface area (Å²) in [5.74, 6) is -4.20. The number of rotatable bonds is 10. The lowest BCUT2D eigenvalue weighted by molar-refractivity contribution is -0.189. The van der Waals surface area contributed by atoms with E-state index in [0.29, 0.717) is 0 Å². The van der Waals surface area contributed by atoms with E-state index < -0.39 is 67.5 Å². The van der Waals surface area contributed by atoms with Crippen molar-refractivity contribution in [2.75, 3.05) is 13.2 Å². The van der Waals surface area contributed by atoms with E-state index in [4.69, 9.17) is 18.9 Å². The van der Waals surface area contributed by atoms with Gasteiger partial charge in [-0.05, 0) is 0 Å². The van der Waals surface area contributed by atoms with Gasteiger partial charge in [0.15, 0.2) is 24.5 Å². The Hall–Kier alpha value is -2.72. The highest BCUT2D eigenvalue weighted by molar-refractivity contribution is 5.68. The van der Waals surface area contributed by atoms with Crippen molar-refractivity contribution in [3.63, 3.8) is 0 Å². The Bertz CT molecular complexity index is 561. The highest BCUT2D eigenvalue weighted by Crippen LogP contribution is 2.20. The van der Waals surface area contributed by atoms with Crippen LogP contribution in [-0.4, -0.2) is 67.5 Å². The number of esters is 5. The van der Waals surface area contributed by atoms with Gasteiger partial charge in [-0.15, -0.1) is 0 Å². The second kappa shape index (κ2) is 11.8. The molecule has 4 atom stereocenters. The van der Waals surface area contributed by atoms with E-state index in [9.17, 15) is 24.0 Å². The molecular weight excluding hydrogens is 371 g/mol. The molecule has 0 amide bonds. The minimum Gasteiger partial charge on any atom is -0.462 e. The highest BCUT2D eigenvalue weighted by Gasteiger charge is 2.42. The van der Waals surface area contributed by atoms with Crippen molar-refractivity contribution in [1.82, 2.24) is 0 Å². The average molecular weight is 394 g/mol. The molecule has 0 spiro atoms. The van der Waals surface area contributed by atoms with Gasteiger partial charge in [0.25, 0.3) is 0 Å². The zero-order chi connectivity index (χ0) is 21.1. The van der Waals surface area contributed by atoms with Crippen LogP contribution in [0.2, 0.25) is 0 Å². The summed E-state index contributed by atoms with van der Waals surface area (Å²) in [6, 6.07) is 0. The Balaban J connectivity index is 5.64.